The average Bonchev–Trinajstić information content (AvgIpc) is 4.36. The largest absolute Gasteiger partial charge is 0.309 e. The Morgan fingerprint density at radius 2 is 0.738 bits per heavy atom. The lowest BCUT2D eigenvalue weighted by Crippen LogP contribution is -2.10. The smallest absolute Gasteiger partial charge is 0.164 e. The zero-order chi connectivity index (χ0) is 53.2. The van der Waals surface area contributed by atoms with Crippen LogP contribution in [0.5, 0.6) is 0 Å². The fraction of sp³-hybridized carbons (Fsp3) is 0.0548. The van der Waals surface area contributed by atoms with Gasteiger partial charge in [-0.25, -0.2) is 15.0 Å². The Hall–Kier alpha value is -9.53. The summed E-state index contributed by atoms with van der Waals surface area (Å²) in [5.41, 5.74) is 15.1. The molecule has 5 heterocycles. The van der Waals surface area contributed by atoms with Gasteiger partial charge in [0.1, 0.15) is 0 Å². The van der Waals surface area contributed by atoms with Crippen molar-refractivity contribution in [1.29, 1.82) is 0 Å². The van der Waals surface area contributed by atoms with Crippen LogP contribution < -0.4 is 0 Å². The molecule has 378 valence electrons. The number of hydrogen-bond donors (Lipinski definition) is 0. The van der Waals surface area contributed by atoms with E-state index in [1.807, 2.05) is 0 Å². The first-order chi connectivity index (χ1) is 39.3. The third-order valence-electron chi connectivity index (χ3n) is 16.1. The average molecular weight is 1060 g/mol. The Labute approximate surface area is 470 Å². The molecule has 7 heteroatoms. The van der Waals surface area contributed by atoms with Crippen LogP contribution in [0.4, 0.5) is 0 Å². The van der Waals surface area contributed by atoms with Crippen molar-refractivity contribution in [2.45, 2.75) is 26.2 Å². The molecule has 0 aliphatic carbocycles. The van der Waals surface area contributed by atoms with Crippen molar-refractivity contribution in [2.75, 3.05) is 0 Å². The Morgan fingerprint density at radius 3 is 1.27 bits per heavy atom. The summed E-state index contributed by atoms with van der Waals surface area (Å²) < 4.78 is 9.88. The van der Waals surface area contributed by atoms with Gasteiger partial charge in [0.2, 0.25) is 0 Å². The topological polar surface area (TPSA) is 48.5 Å². The van der Waals surface area contributed by atoms with Crippen LogP contribution in [0.1, 0.15) is 26.3 Å². The van der Waals surface area contributed by atoms with Crippen LogP contribution in [0.2, 0.25) is 0 Å². The summed E-state index contributed by atoms with van der Waals surface area (Å²) in [6, 6.07) is 88.7. The summed E-state index contributed by atoms with van der Waals surface area (Å²) in [7, 11) is 0. The van der Waals surface area contributed by atoms with Gasteiger partial charge in [-0.05, 0) is 94.9 Å². The normalized spacial score (nSPS) is 12.2. The first-order valence-corrected chi connectivity index (χ1v) is 28.9. The first-order valence-electron chi connectivity index (χ1n) is 27.2. The molecular formula is C73H49N5S2. The van der Waals surface area contributed by atoms with Crippen molar-refractivity contribution >= 4 is 107 Å². The van der Waals surface area contributed by atoms with E-state index >= 15 is 0 Å². The summed E-state index contributed by atoms with van der Waals surface area (Å²) in [6.45, 7) is 6.91. The summed E-state index contributed by atoms with van der Waals surface area (Å²) >= 11 is 3.61. The van der Waals surface area contributed by atoms with Crippen LogP contribution in [-0.4, -0.2) is 24.1 Å². The van der Waals surface area contributed by atoms with Gasteiger partial charge in [0.25, 0.3) is 0 Å². The van der Waals surface area contributed by atoms with Crippen molar-refractivity contribution in [1.82, 2.24) is 24.1 Å². The van der Waals surface area contributed by atoms with Crippen molar-refractivity contribution in [2.24, 2.45) is 0 Å². The maximum atomic E-state index is 5.52. The molecule has 0 atom stereocenters. The number of aromatic nitrogens is 5. The molecule has 0 saturated carbocycles. The third-order valence-corrected chi connectivity index (χ3v) is 18.4. The quantitative estimate of drug-likeness (QED) is 0.160. The van der Waals surface area contributed by atoms with Gasteiger partial charge in [-0.3, -0.25) is 0 Å². The van der Waals surface area contributed by atoms with Gasteiger partial charge >= 0.3 is 0 Å². The Morgan fingerprint density at radius 1 is 0.300 bits per heavy atom. The Bertz CT molecular complexity index is 4920. The van der Waals surface area contributed by atoms with Crippen molar-refractivity contribution < 1.29 is 0 Å². The predicted molar refractivity (Wildman–Crippen MR) is 340 cm³/mol. The molecule has 0 radical (unpaired) electrons. The van der Waals surface area contributed by atoms with Crippen LogP contribution in [0.15, 0.2) is 243 Å². The number of fused-ring (bicyclic) bond motifs is 12. The molecule has 0 N–H and O–H groups in total. The van der Waals surface area contributed by atoms with E-state index in [0.29, 0.717) is 17.5 Å². The van der Waals surface area contributed by atoms with Crippen molar-refractivity contribution in [3.8, 4) is 67.8 Å². The molecule has 0 saturated heterocycles. The molecule has 0 bridgehead atoms. The highest BCUT2D eigenvalue weighted by atomic mass is 32.1. The molecule has 16 rings (SSSR count). The molecule has 0 amide bonds. The fourth-order valence-electron chi connectivity index (χ4n) is 12.2. The molecule has 0 spiro atoms. The van der Waals surface area contributed by atoms with Gasteiger partial charge < -0.3 is 9.13 Å². The monoisotopic (exact) mass is 1060 g/mol. The molecule has 5 nitrogen and oxygen atoms in total. The standard InChI is InChI=1S/C73H49N5S2/c1-73(2,3)49-32-37-63-60(42-49)53-36-33-50(77-61-26-14-10-22-51(61)52-23-11-15-27-62(52)77)43-64(53)78(63)69-58(44-18-6-4-7-19-44)38-48(39-59(69)45-20-8-5-9-21-45)72-75-70(46-30-34-56-54-24-12-16-28-65(54)79-67(56)40-46)74-71(76-72)47-31-35-57-55-25-13-17-29-66(55)80-68(57)41-47/h4-43H,1-3H3. The molecule has 16 aromatic rings. The first kappa shape index (κ1) is 46.6. The van der Waals surface area contributed by atoms with Crippen LogP contribution in [0, 0.1) is 0 Å². The van der Waals surface area contributed by atoms with Crippen LogP contribution in [0.3, 0.4) is 0 Å². The number of benzene rings is 11. The molecular weight excluding hydrogens is 1010 g/mol. The van der Waals surface area contributed by atoms with E-state index in [9.17, 15) is 0 Å². The SMILES string of the molecule is CC(C)(C)c1ccc2c(c1)c1ccc(-n3c4ccccc4c4ccccc43)cc1n2-c1c(-c2ccccc2)cc(-c2nc(-c3ccc4c(c3)sc3ccccc34)nc(-c3ccc4c(c3)sc3ccccc34)n2)cc1-c1ccccc1. The number of thiophene rings is 2. The van der Waals surface area contributed by atoms with Crippen LogP contribution >= 0.6 is 22.7 Å². The molecule has 0 aliphatic heterocycles. The summed E-state index contributed by atoms with van der Waals surface area (Å²) in [5, 5.41) is 9.85. The summed E-state index contributed by atoms with van der Waals surface area (Å²) in [5.74, 6) is 1.86. The van der Waals surface area contributed by atoms with Gasteiger partial charge in [-0.15, -0.1) is 22.7 Å². The van der Waals surface area contributed by atoms with Gasteiger partial charge in [0, 0.05) is 95.4 Å². The van der Waals surface area contributed by atoms with Gasteiger partial charge in [0.15, 0.2) is 17.5 Å². The second-order valence-electron chi connectivity index (χ2n) is 22.0. The number of nitrogens with zero attached hydrogens (tertiary/aromatic N) is 5. The van der Waals surface area contributed by atoms with E-state index in [0.717, 1.165) is 61.4 Å². The molecule has 0 unspecified atom stereocenters. The van der Waals surface area contributed by atoms with Crippen molar-refractivity contribution in [3.05, 3.63) is 248 Å². The minimum absolute atomic E-state index is 0.0624. The molecule has 0 aliphatic rings. The van der Waals surface area contributed by atoms with E-state index < -0.39 is 0 Å². The molecule has 5 aromatic heterocycles. The minimum Gasteiger partial charge on any atom is -0.309 e. The number of hydrogen-bond acceptors (Lipinski definition) is 5. The van der Waals surface area contributed by atoms with E-state index in [1.54, 1.807) is 22.7 Å². The third kappa shape index (κ3) is 7.46. The summed E-state index contributed by atoms with van der Waals surface area (Å²) in [4.78, 5) is 16.4. The lowest BCUT2D eigenvalue weighted by Gasteiger charge is -2.22. The van der Waals surface area contributed by atoms with E-state index in [1.165, 1.54) is 78.5 Å². The fourth-order valence-corrected chi connectivity index (χ4v) is 14.5. The summed E-state index contributed by atoms with van der Waals surface area (Å²) in [6.07, 6.45) is 0. The molecule has 80 heavy (non-hydrogen) atoms. The van der Waals surface area contributed by atoms with Gasteiger partial charge in [-0.1, -0.05) is 191 Å². The van der Waals surface area contributed by atoms with E-state index in [4.69, 9.17) is 15.0 Å². The van der Waals surface area contributed by atoms with Gasteiger partial charge in [-0.2, -0.15) is 0 Å². The highest BCUT2D eigenvalue weighted by Gasteiger charge is 2.26. The Balaban J connectivity index is 0.988. The van der Waals surface area contributed by atoms with E-state index in [2.05, 4.69) is 273 Å². The van der Waals surface area contributed by atoms with Crippen molar-refractivity contribution in [3.63, 3.8) is 0 Å². The predicted octanol–water partition coefficient (Wildman–Crippen LogP) is 20.4. The lowest BCUT2D eigenvalue weighted by molar-refractivity contribution is 0.591. The lowest BCUT2D eigenvalue weighted by atomic mass is 9.86. The van der Waals surface area contributed by atoms with Gasteiger partial charge in [0.05, 0.1) is 27.8 Å². The minimum atomic E-state index is -0.0624. The van der Waals surface area contributed by atoms with E-state index in [-0.39, 0.29) is 5.41 Å². The zero-order valence-corrected chi connectivity index (χ0v) is 45.8. The highest BCUT2D eigenvalue weighted by Crippen LogP contribution is 2.46. The maximum absolute atomic E-state index is 5.52. The van der Waals surface area contributed by atoms with Crippen LogP contribution in [0.25, 0.3) is 152 Å². The highest BCUT2D eigenvalue weighted by molar-refractivity contribution is 7.26. The number of para-hydroxylation sites is 2. The second-order valence-corrected chi connectivity index (χ2v) is 24.1. The number of rotatable bonds is 7. The molecule has 11 aromatic carbocycles. The molecule has 0 fully saturated rings. The maximum Gasteiger partial charge on any atom is 0.164 e. The Kier molecular flexibility index (Phi) is 10.5. The second kappa shape index (κ2) is 18.0. The van der Waals surface area contributed by atoms with Crippen LogP contribution in [-0.2, 0) is 5.41 Å². The zero-order valence-electron chi connectivity index (χ0n) is 44.1.